The molecule has 4 rings (SSSR count). The number of thioether (sulfide) groups is 1. The van der Waals surface area contributed by atoms with Crippen molar-refractivity contribution in [2.45, 2.75) is 17.7 Å². The molecule has 0 radical (unpaired) electrons. The minimum Gasteiger partial charge on any atom is -0.337 e. The van der Waals surface area contributed by atoms with Crippen molar-refractivity contribution in [3.05, 3.63) is 60.0 Å². The SMILES string of the molecule is CCSc1ccccc1C(=O)N1CC(c2nnc3ccccn23)C1. The molecule has 1 amide bonds. The molecule has 6 heteroatoms. The van der Waals surface area contributed by atoms with Crippen LogP contribution >= 0.6 is 11.8 Å². The number of carbonyl (C=O) groups excluding carboxylic acids is 1. The zero-order valence-electron chi connectivity index (χ0n) is 13.4. The van der Waals surface area contributed by atoms with E-state index in [0.717, 1.165) is 27.7 Å². The van der Waals surface area contributed by atoms with Gasteiger partial charge in [0, 0.05) is 24.2 Å². The molecule has 0 aliphatic carbocycles. The number of rotatable bonds is 4. The van der Waals surface area contributed by atoms with Crippen molar-refractivity contribution in [3.63, 3.8) is 0 Å². The van der Waals surface area contributed by atoms with Crippen molar-refractivity contribution in [2.24, 2.45) is 0 Å². The van der Waals surface area contributed by atoms with Crippen molar-refractivity contribution in [3.8, 4) is 0 Å². The lowest BCUT2D eigenvalue weighted by atomic mass is 9.98. The molecule has 0 bridgehead atoms. The fourth-order valence-electron chi connectivity index (χ4n) is 3.04. The second-order valence-corrected chi connectivity index (χ2v) is 7.13. The Morgan fingerprint density at radius 3 is 2.79 bits per heavy atom. The van der Waals surface area contributed by atoms with Gasteiger partial charge in [-0.3, -0.25) is 9.20 Å². The van der Waals surface area contributed by atoms with Gasteiger partial charge in [-0.1, -0.05) is 25.1 Å². The first-order chi connectivity index (χ1) is 11.8. The number of carbonyl (C=O) groups is 1. The van der Waals surface area contributed by atoms with Crippen LogP contribution in [0.2, 0.25) is 0 Å². The quantitative estimate of drug-likeness (QED) is 0.686. The minimum atomic E-state index is 0.108. The summed E-state index contributed by atoms with van der Waals surface area (Å²) in [6.07, 6.45) is 1.97. The molecule has 3 heterocycles. The van der Waals surface area contributed by atoms with Gasteiger partial charge in [-0.2, -0.15) is 0 Å². The highest BCUT2D eigenvalue weighted by Crippen LogP contribution is 2.30. The average Bonchev–Trinajstić information content (AvgIpc) is 2.98. The summed E-state index contributed by atoms with van der Waals surface area (Å²) in [5, 5.41) is 8.50. The number of hydrogen-bond donors (Lipinski definition) is 0. The number of aromatic nitrogens is 3. The maximum Gasteiger partial charge on any atom is 0.255 e. The van der Waals surface area contributed by atoms with Gasteiger partial charge in [-0.15, -0.1) is 22.0 Å². The molecule has 0 atom stereocenters. The van der Waals surface area contributed by atoms with E-state index in [1.165, 1.54) is 0 Å². The van der Waals surface area contributed by atoms with Crippen LogP contribution < -0.4 is 0 Å². The summed E-state index contributed by atoms with van der Waals surface area (Å²) in [4.78, 5) is 15.7. The summed E-state index contributed by atoms with van der Waals surface area (Å²) in [5.74, 6) is 2.25. The Hall–Kier alpha value is -2.34. The third kappa shape index (κ3) is 2.57. The molecule has 122 valence electrons. The predicted octanol–water partition coefficient (Wildman–Crippen LogP) is 3.08. The van der Waals surface area contributed by atoms with E-state index in [9.17, 15) is 4.79 Å². The highest BCUT2D eigenvalue weighted by Gasteiger charge is 2.35. The molecule has 0 spiro atoms. The van der Waals surface area contributed by atoms with Gasteiger partial charge in [0.2, 0.25) is 0 Å². The maximum absolute atomic E-state index is 12.8. The molecule has 1 saturated heterocycles. The molecule has 0 N–H and O–H groups in total. The largest absolute Gasteiger partial charge is 0.337 e. The van der Waals surface area contributed by atoms with Gasteiger partial charge < -0.3 is 4.90 Å². The van der Waals surface area contributed by atoms with Crippen molar-refractivity contribution < 1.29 is 4.79 Å². The van der Waals surface area contributed by atoms with Crippen LogP contribution in [-0.4, -0.2) is 44.2 Å². The Kier molecular flexibility index (Phi) is 3.98. The lowest BCUT2D eigenvalue weighted by Crippen LogP contribution is -2.49. The van der Waals surface area contributed by atoms with Crippen LogP contribution in [-0.2, 0) is 0 Å². The standard InChI is InChI=1S/C18H18N4OS/c1-2-24-15-8-4-3-7-14(15)18(23)21-11-13(12-21)17-20-19-16-9-5-6-10-22(16)17/h3-10,13H,2,11-12H2,1H3. The Bertz CT molecular complexity index is 885. The summed E-state index contributed by atoms with van der Waals surface area (Å²) < 4.78 is 2.01. The minimum absolute atomic E-state index is 0.108. The molecule has 0 unspecified atom stereocenters. The highest BCUT2D eigenvalue weighted by atomic mass is 32.2. The number of nitrogens with zero attached hydrogens (tertiary/aromatic N) is 4. The van der Waals surface area contributed by atoms with Gasteiger partial charge in [0.05, 0.1) is 11.5 Å². The van der Waals surface area contributed by atoms with Gasteiger partial charge in [-0.25, -0.2) is 0 Å². The van der Waals surface area contributed by atoms with E-state index in [1.54, 1.807) is 11.8 Å². The monoisotopic (exact) mass is 338 g/mol. The summed E-state index contributed by atoms with van der Waals surface area (Å²) >= 11 is 1.71. The lowest BCUT2D eigenvalue weighted by Gasteiger charge is -2.38. The number of benzene rings is 1. The van der Waals surface area contributed by atoms with E-state index in [0.29, 0.717) is 13.1 Å². The Morgan fingerprint density at radius 2 is 1.96 bits per heavy atom. The summed E-state index contributed by atoms with van der Waals surface area (Å²) in [6, 6.07) is 13.7. The number of hydrogen-bond acceptors (Lipinski definition) is 4. The third-order valence-corrected chi connectivity index (χ3v) is 5.25. The fourth-order valence-corrected chi connectivity index (χ4v) is 3.84. The van der Waals surface area contributed by atoms with Gasteiger partial charge in [0.25, 0.3) is 5.91 Å². The molecule has 24 heavy (non-hydrogen) atoms. The van der Waals surface area contributed by atoms with E-state index in [4.69, 9.17) is 0 Å². The van der Waals surface area contributed by atoms with Crippen LogP contribution in [0.4, 0.5) is 0 Å². The van der Waals surface area contributed by atoms with E-state index in [2.05, 4.69) is 17.1 Å². The number of likely N-dealkylation sites (tertiary alicyclic amines) is 1. The lowest BCUT2D eigenvalue weighted by molar-refractivity contribution is 0.0590. The molecule has 2 aromatic heterocycles. The second-order valence-electron chi connectivity index (χ2n) is 5.82. The fraction of sp³-hybridized carbons (Fsp3) is 0.278. The smallest absolute Gasteiger partial charge is 0.255 e. The van der Waals surface area contributed by atoms with Gasteiger partial charge >= 0.3 is 0 Å². The third-order valence-electron chi connectivity index (χ3n) is 4.29. The van der Waals surface area contributed by atoms with Crippen molar-refractivity contribution in [1.29, 1.82) is 0 Å². The summed E-state index contributed by atoms with van der Waals surface area (Å²) in [6.45, 7) is 3.49. The van der Waals surface area contributed by atoms with Crippen molar-refractivity contribution in [1.82, 2.24) is 19.5 Å². The van der Waals surface area contributed by atoms with Gasteiger partial charge in [0.1, 0.15) is 5.82 Å². The highest BCUT2D eigenvalue weighted by molar-refractivity contribution is 7.99. The zero-order chi connectivity index (χ0) is 16.5. The molecule has 1 fully saturated rings. The van der Waals surface area contributed by atoms with Crippen molar-refractivity contribution >= 4 is 23.3 Å². The molecule has 0 saturated carbocycles. The molecule has 3 aromatic rings. The van der Waals surface area contributed by atoms with Gasteiger partial charge in [-0.05, 0) is 30.0 Å². The Morgan fingerprint density at radius 1 is 1.17 bits per heavy atom. The second kappa shape index (κ2) is 6.28. The van der Waals surface area contributed by atoms with Crippen LogP contribution in [0.15, 0.2) is 53.6 Å². The average molecular weight is 338 g/mol. The predicted molar refractivity (Wildman–Crippen MR) is 94.5 cm³/mol. The first-order valence-corrected chi connectivity index (χ1v) is 9.07. The van der Waals surface area contributed by atoms with Crippen LogP contribution in [0.3, 0.4) is 0 Å². The van der Waals surface area contributed by atoms with E-state index in [1.807, 2.05) is 58.0 Å². The van der Waals surface area contributed by atoms with E-state index in [-0.39, 0.29) is 11.8 Å². The summed E-state index contributed by atoms with van der Waals surface area (Å²) in [5.41, 5.74) is 1.65. The normalized spacial score (nSPS) is 14.8. The van der Waals surface area contributed by atoms with Crippen LogP contribution in [0.1, 0.15) is 29.0 Å². The van der Waals surface area contributed by atoms with E-state index < -0.39 is 0 Å². The van der Waals surface area contributed by atoms with Crippen LogP contribution in [0.25, 0.3) is 5.65 Å². The number of amides is 1. The van der Waals surface area contributed by atoms with Crippen LogP contribution in [0, 0.1) is 0 Å². The maximum atomic E-state index is 12.8. The number of fused-ring (bicyclic) bond motifs is 1. The first kappa shape index (κ1) is 15.2. The zero-order valence-corrected chi connectivity index (χ0v) is 14.2. The molecule has 5 nitrogen and oxygen atoms in total. The first-order valence-electron chi connectivity index (χ1n) is 8.08. The molecular formula is C18H18N4OS. The molecule has 1 aliphatic heterocycles. The topological polar surface area (TPSA) is 50.5 Å². The molecular weight excluding hydrogens is 320 g/mol. The number of pyridine rings is 1. The Labute approximate surface area is 144 Å². The van der Waals surface area contributed by atoms with Gasteiger partial charge in [0.15, 0.2) is 5.65 Å². The summed E-state index contributed by atoms with van der Waals surface area (Å²) in [7, 11) is 0. The van der Waals surface area contributed by atoms with Crippen LogP contribution in [0.5, 0.6) is 0 Å². The molecule has 1 aromatic carbocycles. The van der Waals surface area contributed by atoms with E-state index >= 15 is 0 Å². The Balaban J connectivity index is 1.50. The molecule has 1 aliphatic rings. The van der Waals surface area contributed by atoms with Crippen molar-refractivity contribution in [2.75, 3.05) is 18.8 Å².